The first-order chi connectivity index (χ1) is 32.0. The average Bonchev–Trinajstić information content (AvgIpc) is 3.96. The van der Waals surface area contributed by atoms with Crippen molar-refractivity contribution in [2.24, 2.45) is 0 Å². The lowest BCUT2D eigenvalue weighted by Crippen LogP contribution is -2.28. The molecule has 312 valence electrons. The molecule has 1 saturated carbocycles. The first kappa shape index (κ1) is 38.1. The van der Waals surface area contributed by atoms with E-state index in [1.165, 1.54) is 105 Å². The van der Waals surface area contributed by atoms with Gasteiger partial charge in [0.2, 0.25) is 0 Å². The van der Waals surface area contributed by atoms with Gasteiger partial charge in [0.1, 0.15) is 11.2 Å². The Morgan fingerprint density at radius 1 is 0.400 bits per heavy atom. The maximum Gasteiger partial charge on any atom is 0.136 e. The number of furan rings is 1. The Balaban J connectivity index is 0.988. The number of benzene rings is 9. The molecule has 1 aromatic heterocycles. The van der Waals surface area contributed by atoms with Gasteiger partial charge >= 0.3 is 0 Å². The zero-order valence-corrected chi connectivity index (χ0v) is 36.9. The molecule has 10 aromatic rings. The fourth-order valence-corrected chi connectivity index (χ4v) is 12.4. The first-order valence-electron chi connectivity index (χ1n) is 23.5. The lowest BCUT2D eigenvalue weighted by molar-refractivity contribution is 0.353. The van der Waals surface area contributed by atoms with Gasteiger partial charge in [0.15, 0.2) is 0 Å². The molecule has 2 heteroatoms. The third kappa shape index (κ3) is 5.66. The molecule has 0 amide bonds. The van der Waals surface area contributed by atoms with Crippen molar-refractivity contribution in [1.82, 2.24) is 0 Å². The summed E-state index contributed by atoms with van der Waals surface area (Å²) in [7, 11) is 0. The minimum Gasteiger partial charge on any atom is -0.456 e. The Hall–Kier alpha value is -7.42. The van der Waals surface area contributed by atoms with Crippen molar-refractivity contribution in [3.05, 3.63) is 222 Å². The molecule has 3 aliphatic carbocycles. The largest absolute Gasteiger partial charge is 0.456 e. The Labute approximate surface area is 381 Å². The zero-order chi connectivity index (χ0) is 43.3. The SMILES string of the molecule is CC1(C)c2ccccc2-c2cccc(-c3ccccc3-c3ccc(N(c4ccc5c(c4)C4(CCCCC4)c4ccccc4-5)c4ccccc4-c4cccc5oc6ccccc6c45)cc3)c21. The van der Waals surface area contributed by atoms with Gasteiger partial charge in [-0.2, -0.15) is 0 Å². The average molecular weight is 836 g/mol. The summed E-state index contributed by atoms with van der Waals surface area (Å²) >= 11 is 0. The lowest BCUT2D eigenvalue weighted by atomic mass is 9.68. The smallest absolute Gasteiger partial charge is 0.136 e. The molecule has 0 atom stereocenters. The van der Waals surface area contributed by atoms with Crippen molar-refractivity contribution in [1.29, 1.82) is 0 Å². The first-order valence-corrected chi connectivity index (χ1v) is 23.5. The normalized spacial score (nSPS) is 15.2. The van der Waals surface area contributed by atoms with Crippen LogP contribution >= 0.6 is 0 Å². The molecule has 0 unspecified atom stereocenters. The number of anilines is 3. The summed E-state index contributed by atoms with van der Waals surface area (Å²) < 4.78 is 6.46. The summed E-state index contributed by atoms with van der Waals surface area (Å²) in [6, 6.07) is 74.5. The van der Waals surface area contributed by atoms with Crippen molar-refractivity contribution >= 4 is 39.0 Å². The highest BCUT2D eigenvalue weighted by molar-refractivity contribution is 6.14. The van der Waals surface area contributed by atoms with E-state index in [0.717, 1.165) is 44.4 Å². The van der Waals surface area contributed by atoms with Gasteiger partial charge in [-0.1, -0.05) is 191 Å². The summed E-state index contributed by atoms with van der Waals surface area (Å²) in [5.41, 5.74) is 23.7. The summed E-state index contributed by atoms with van der Waals surface area (Å²) in [6.07, 6.45) is 6.20. The molecule has 0 saturated heterocycles. The van der Waals surface area contributed by atoms with Gasteiger partial charge in [0.25, 0.3) is 0 Å². The quantitative estimate of drug-likeness (QED) is 0.166. The van der Waals surface area contributed by atoms with Gasteiger partial charge in [-0.3, -0.25) is 0 Å². The summed E-state index contributed by atoms with van der Waals surface area (Å²) in [6.45, 7) is 4.77. The predicted octanol–water partition coefficient (Wildman–Crippen LogP) is 17.6. The van der Waals surface area contributed by atoms with E-state index in [9.17, 15) is 0 Å². The highest BCUT2D eigenvalue weighted by Crippen LogP contribution is 2.58. The van der Waals surface area contributed by atoms with Crippen molar-refractivity contribution in [3.8, 4) is 55.6 Å². The molecule has 0 radical (unpaired) electrons. The van der Waals surface area contributed by atoms with Crippen LogP contribution in [0.25, 0.3) is 77.6 Å². The van der Waals surface area contributed by atoms with Crippen molar-refractivity contribution in [3.63, 3.8) is 0 Å². The van der Waals surface area contributed by atoms with Crippen molar-refractivity contribution in [2.45, 2.75) is 56.8 Å². The van der Waals surface area contributed by atoms with Crippen LogP contribution < -0.4 is 4.90 Å². The number of hydrogen-bond acceptors (Lipinski definition) is 2. The molecule has 65 heavy (non-hydrogen) atoms. The van der Waals surface area contributed by atoms with Crippen LogP contribution in [0.3, 0.4) is 0 Å². The highest BCUT2D eigenvalue weighted by atomic mass is 16.3. The molecule has 9 aromatic carbocycles. The number of para-hydroxylation sites is 2. The number of rotatable bonds is 6. The van der Waals surface area contributed by atoms with Gasteiger partial charge in [-0.25, -0.2) is 0 Å². The third-order valence-corrected chi connectivity index (χ3v) is 15.3. The van der Waals surface area contributed by atoms with Crippen LogP contribution in [0.1, 0.15) is 68.2 Å². The van der Waals surface area contributed by atoms with Crippen LogP contribution in [0.4, 0.5) is 17.1 Å². The van der Waals surface area contributed by atoms with Crippen LogP contribution in [-0.4, -0.2) is 0 Å². The van der Waals surface area contributed by atoms with Crippen molar-refractivity contribution < 1.29 is 4.42 Å². The van der Waals surface area contributed by atoms with Crippen molar-refractivity contribution in [2.75, 3.05) is 4.90 Å². The van der Waals surface area contributed by atoms with E-state index in [1.807, 2.05) is 0 Å². The second kappa shape index (κ2) is 14.6. The Morgan fingerprint density at radius 3 is 1.75 bits per heavy atom. The molecule has 1 fully saturated rings. The standard InChI is InChI=1S/C63H49NO/c1-62(2)54-27-10-6-21-47(54)52-26-16-25-51(61(52)62)45-19-5-4-18-44(45)41-32-34-42(35-33-41)64(43-36-37-48-46-20-7-11-28-55(46)63(56(48)40-43)38-14-3-15-39-63)57-29-12-8-22-49(57)50-24-17-31-59-60(50)53-23-9-13-30-58(53)65-59/h4-13,16-37,40H,3,14-15,38-39H2,1-2H3. The number of fused-ring (bicyclic) bond motifs is 11. The molecular formula is C63H49NO. The third-order valence-electron chi connectivity index (χ3n) is 15.3. The van der Waals surface area contributed by atoms with E-state index < -0.39 is 0 Å². The van der Waals surface area contributed by atoms with E-state index in [1.54, 1.807) is 0 Å². The second-order valence-electron chi connectivity index (χ2n) is 19.0. The van der Waals surface area contributed by atoms with E-state index in [4.69, 9.17) is 4.42 Å². The molecule has 1 spiro atoms. The molecule has 0 aliphatic heterocycles. The minimum absolute atomic E-state index is 0.0355. The van der Waals surface area contributed by atoms with Crippen LogP contribution in [-0.2, 0) is 10.8 Å². The minimum atomic E-state index is -0.117. The topological polar surface area (TPSA) is 16.4 Å². The summed E-state index contributed by atoms with van der Waals surface area (Å²) in [5.74, 6) is 0. The van der Waals surface area contributed by atoms with Gasteiger partial charge < -0.3 is 9.32 Å². The van der Waals surface area contributed by atoms with E-state index in [0.29, 0.717) is 0 Å². The Kier molecular flexibility index (Phi) is 8.53. The van der Waals surface area contributed by atoms with Gasteiger partial charge in [0, 0.05) is 38.5 Å². The van der Waals surface area contributed by atoms with Crippen LogP contribution in [0.5, 0.6) is 0 Å². The highest BCUT2D eigenvalue weighted by Gasteiger charge is 2.44. The van der Waals surface area contributed by atoms with Gasteiger partial charge in [0.05, 0.1) is 5.69 Å². The maximum atomic E-state index is 6.46. The second-order valence-corrected chi connectivity index (χ2v) is 19.0. The molecule has 0 N–H and O–H groups in total. The van der Waals surface area contributed by atoms with E-state index in [-0.39, 0.29) is 10.8 Å². The van der Waals surface area contributed by atoms with Crippen LogP contribution in [0, 0.1) is 0 Å². The lowest BCUT2D eigenvalue weighted by Gasteiger charge is -2.37. The fraction of sp³-hybridized carbons (Fsp3) is 0.143. The maximum absolute atomic E-state index is 6.46. The van der Waals surface area contributed by atoms with Crippen LogP contribution in [0.15, 0.2) is 205 Å². The Morgan fingerprint density at radius 2 is 0.954 bits per heavy atom. The molecule has 13 rings (SSSR count). The number of hydrogen-bond donors (Lipinski definition) is 0. The van der Waals surface area contributed by atoms with E-state index >= 15 is 0 Å². The summed E-state index contributed by atoms with van der Waals surface area (Å²) in [4.78, 5) is 2.51. The molecular weight excluding hydrogens is 787 g/mol. The monoisotopic (exact) mass is 835 g/mol. The van der Waals surface area contributed by atoms with Gasteiger partial charge in [-0.15, -0.1) is 0 Å². The van der Waals surface area contributed by atoms with Gasteiger partial charge in [-0.05, 0) is 128 Å². The zero-order valence-electron chi connectivity index (χ0n) is 36.9. The summed E-state index contributed by atoms with van der Waals surface area (Å²) in [5, 5.41) is 2.28. The fourth-order valence-electron chi connectivity index (χ4n) is 12.4. The molecule has 3 aliphatic rings. The predicted molar refractivity (Wildman–Crippen MR) is 272 cm³/mol. The molecule has 0 bridgehead atoms. The Bertz CT molecular complexity index is 3510. The molecule has 1 heterocycles. The van der Waals surface area contributed by atoms with Crippen LogP contribution in [0.2, 0.25) is 0 Å². The van der Waals surface area contributed by atoms with E-state index in [2.05, 4.69) is 219 Å². The molecule has 2 nitrogen and oxygen atoms in total. The number of nitrogens with zero attached hydrogens (tertiary/aromatic N) is 1.